The molecule has 4 heteroatoms. The van der Waals surface area contributed by atoms with Crippen LogP contribution in [0.4, 0.5) is 5.69 Å². The highest BCUT2D eigenvalue weighted by Crippen LogP contribution is 2.27. The quantitative estimate of drug-likeness (QED) is 0.731. The molecule has 0 unspecified atom stereocenters. The van der Waals surface area contributed by atoms with Crippen molar-refractivity contribution in [2.24, 2.45) is 0 Å². The van der Waals surface area contributed by atoms with E-state index in [9.17, 15) is 4.79 Å². The van der Waals surface area contributed by atoms with E-state index in [0.29, 0.717) is 15.1 Å². The van der Waals surface area contributed by atoms with Crippen molar-refractivity contribution in [1.29, 1.82) is 0 Å². The predicted octanol–water partition coefficient (Wildman–Crippen LogP) is 5.65. The van der Waals surface area contributed by atoms with E-state index in [4.69, 9.17) is 11.6 Å². The fraction of sp³-hybridized carbons (Fsp3) is 0.235. The average molecular weight is 367 g/mol. The number of rotatable bonds is 2. The van der Waals surface area contributed by atoms with E-state index in [1.54, 1.807) is 18.2 Å². The van der Waals surface area contributed by atoms with Gasteiger partial charge in [-0.2, -0.15) is 0 Å². The van der Waals surface area contributed by atoms with Gasteiger partial charge in [-0.05, 0) is 51.2 Å². The van der Waals surface area contributed by atoms with E-state index in [2.05, 4.69) is 42.0 Å². The fourth-order valence-electron chi connectivity index (χ4n) is 1.93. The molecule has 0 atom stereocenters. The summed E-state index contributed by atoms with van der Waals surface area (Å²) < 4.78 is 0.708. The monoisotopic (exact) mass is 365 g/mol. The number of hydrogen-bond acceptors (Lipinski definition) is 1. The van der Waals surface area contributed by atoms with Gasteiger partial charge in [0.15, 0.2) is 0 Å². The summed E-state index contributed by atoms with van der Waals surface area (Å²) in [4.78, 5) is 12.3. The van der Waals surface area contributed by atoms with Gasteiger partial charge in [-0.15, -0.1) is 0 Å². The lowest BCUT2D eigenvalue weighted by Crippen LogP contribution is -2.14. The summed E-state index contributed by atoms with van der Waals surface area (Å²) in [5.41, 5.74) is 2.52. The Morgan fingerprint density at radius 3 is 2.29 bits per heavy atom. The third-order valence-corrected chi connectivity index (χ3v) is 4.50. The van der Waals surface area contributed by atoms with E-state index < -0.39 is 0 Å². The maximum absolute atomic E-state index is 12.3. The van der Waals surface area contributed by atoms with Crippen molar-refractivity contribution in [2.45, 2.75) is 26.2 Å². The van der Waals surface area contributed by atoms with Gasteiger partial charge in [-0.25, -0.2) is 0 Å². The molecule has 0 heterocycles. The van der Waals surface area contributed by atoms with Crippen molar-refractivity contribution in [1.82, 2.24) is 0 Å². The number of amides is 1. The summed E-state index contributed by atoms with van der Waals surface area (Å²) in [6.07, 6.45) is 0. The van der Waals surface area contributed by atoms with Crippen LogP contribution in [0.15, 0.2) is 46.9 Å². The minimum Gasteiger partial charge on any atom is -0.322 e. The summed E-state index contributed by atoms with van der Waals surface area (Å²) in [7, 11) is 0. The third-order valence-electron chi connectivity index (χ3n) is 3.21. The van der Waals surface area contributed by atoms with Crippen LogP contribution >= 0.6 is 27.5 Å². The normalized spacial score (nSPS) is 11.3. The number of hydrogen-bond donors (Lipinski definition) is 1. The van der Waals surface area contributed by atoms with Gasteiger partial charge in [0.25, 0.3) is 5.91 Å². The molecule has 2 nitrogen and oxygen atoms in total. The van der Waals surface area contributed by atoms with Gasteiger partial charge in [0.05, 0.1) is 10.6 Å². The first-order valence-corrected chi connectivity index (χ1v) is 7.82. The molecule has 1 amide bonds. The second-order valence-corrected chi connectivity index (χ2v) is 7.12. The van der Waals surface area contributed by atoms with Crippen LogP contribution in [0.2, 0.25) is 5.02 Å². The first kappa shape index (κ1) is 16.1. The highest BCUT2D eigenvalue weighted by atomic mass is 79.9. The number of anilines is 1. The number of carbonyl (C=O) groups excluding carboxylic acids is 1. The Balaban J connectivity index is 2.18. The minimum absolute atomic E-state index is 0.0934. The van der Waals surface area contributed by atoms with Crippen molar-refractivity contribution in [2.75, 3.05) is 5.32 Å². The summed E-state index contributed by atoms with van der Waals surface area (Å²) in [6.45, 7) is 6.46. The molecule has 0 aliphatic rings. The number of halogens is 2. The summed E-state index contributed by atoms with van der Waals surface area (Å²) in [5.74, 6) is -0.218. The fourth-order valence-corrected chi connectivity index (χ4v) is 2.51. The highest BCUT2D eigenvalue weighted by Gasteiger charge is 2.15. The molecule has 110 valence electrons. The minimum atomic E-state index is -0.218. The molecule has 0 aliphatic heterocycles. The van der Waals surface area contributed by atoms with Crippen LogP contribution in [0.5, 0.6) is 0 Å². The van der Waals surface area contributed by atoms with Crippen molar-refractivity contribution in [3.63, 3.8) is 0 Å². The Hall–Kier alpha value is -1.32. The lowest BCUT2D eigenvalue weighted by molar-refractivity contribution is 0.102. The zero-order valence-electron chi connectivity index (χ0n) is 12.2. The van der Waals surface area contributed by atoms with Crippen LogP contribution in [0.25, 0.3) is 0 Å². The van der Waals surface area contributed by atoms with Gasteiger partial charge < -0.3 is 5.32 Å². The molecular weight excluding hydrogens is 350 g/mol. The topological polar surface area (TPSA) is 29.1 Å². The molecule has 0 fully saturated rings. The first-order chi connectivity index (χ1) is 9.79. The van der Waals surface area contributed by atoms with Crippen LogP contribution in [-0.2, 0) is 5.41 Å². The Labute approximate surface area is 138 Å². The molecule has 0 radical (unpaired) electrons. The second-order valence-electron chi connectivity index (χ2n) is 5.88. The van der Waals surface area contributed by atoms with Gasteiger partial charge in [-0.3, -0.25) is 4.79 Å². The van der Waals surface area contributed by atoms with E-state index in [-0.39, 0.29) is 11.3 Å². The Morgan fingerprint density at radius 2 is 1.71 bits per heavy atom. The molecule has 21 heavy (non-hydrogen) atoms. The van der Waals surface area contributed by atoms with E-state index in [1.807, 2.05) is 24.3 Å². The maximum Gasteiger partial charge on any atom is 0.257 e. The predicted molar refractivity (Wildman–Crippen MR) is 92.2 cm³/mol. The Kier molecular flexibility index (Phi) is 4.74. The van der Waals surface area contributed by atoms with Crippen LogP contribution in [-0.4, -0.2) is 5.91 Å². The van der Waals surface area contributed by atoms with Crippen LogP contribution in [0, 0.1) is 0 Å². The van der Waals surface area contributed by atoms with Crippen molar-refractivity contribution < 1.29 is 4.79 Å². The lowest BCUT2D eigenvalue weighted by atomic mass is 9.87. The molecule has 0 bridgehead atoms. The first-order valence-electron chi connectivity index (χ1n) is 6.65. The van der Waals surface area contributed by atoms with Gasteiger partial charge in [0.2, 0.25) is 0 Å². The SMILES string of the molecule is CC(C)(C)c1ccc(NC(=O)c2cccc(Br)c2Cl)cc1. The largest absolute Gasteiger partial charge is 0.322 e. The zero-order valence-corrected chi connectivity index (χ0v) is 14.5. The van der Waals surface area contributed by atoms with Crippen LogP contribution in [0.3, 0.4) is 0 Å². The maximum atomic E-state index is 12.3. The number of nitrogens with one attached hydrogen (secondary N) is 1. The van der Waals surface area contributed by atoms with Crippen LogP contribution < -0.4 is 5.32 Å². The molecule has 0 aliphatic carbocycles. The molecule has 0 aromatic heterocycles. The average Bonchev–Trinajstić information content (AvgIpc) is 2.41. The van der Waals surface area contributed by atoms with E-state index in [0.717, 1.165) is 5.69 Å². The second kappa shape index (κ2) is 6.20. The molecule has 2 aromatic rings. The highest BCUT2D eigenvalue weighted by molar-refractivity contribution is 9.10. The Bertz CT molecular complexity index is 659. The van der Waals surface area contributed by atoms with Crippen molar-refractivity contribution in [3.05, 3.63) is 63.1 Å². The van der Waals surface area contributed by atoms with Gasteiger partial charge in [0, 0.05) is 10.2 Å². The molecule has 2 aromatic carbocycles. The Morgan fingerprint density at radius 1 is 1.10 bits per heavy atom. The molecule has 0 spiro atoms. The summed E-state index contributed by atoms with van der Waals surface area (Å²) in [6, 6.07) is 13.2. The standard InChI is InChI=1S/C17H17BrClNO/c1-17(2,3)11-7-9-12(10-8-11)20-16(21)13-5-4-6-14(18)15(13)19/h4-10H,1-3H3,(H,20,21). The summed E-state index contributed by atoms with van der Waals surface area (Å²) in [5, 5.41) is 3.28. The molecule has 0 saturated carbocycles. The lowest BCUT2D eigenvalue weighted by Gasteiger charge is -2.19. The van der Waals surface area contributed by atoms with Crippen molar-refractivity contribution >= 4 is 39.1 Å². The zero-order chi connectivity index (χ0) is 15.6. The van der Waals surface area contributed by atoms with Crippen molar-refractivity contribution in [3.8, 4) is 0 Å². The number of benzene rings is 2. The smallest absolute Gasteiger partial charge is 0.257 e. The molecule has 1 N–H and O–H groups in total. The van der Waals surface area contributed by atoms with Crippen LogP contribution in [0.1, 0.15) is 36.7 Å². The summed E-state index contributed by atoms with van der Waals surface area (Å²) >= 11 is 9.45. The van der Waals surface area contributed by atoms with Gasteiger partial charge >= 0.3 is 0 Å². The third kappa shape index (κ3) is 3.86. The molecular formula is C17H17BrClNO. The van der Waals surface area contributed by atoms with Gasteiger partial charge in [-0.1, -0.05) is 50.6 Å². The molecule has 2 rings (SSSR count). The van der Waals surface area contributed by atoms with E-state index >= 15 is 0 Å². The number of carbonyl (C=O) groups is 1. The van der Waals surface area contributed by atoms with Gasteiger partial charge in [0.1, 0.15) is 0 Å². The molecule has 0 saturated heterocycles. The van der Waals surface area contributed by atoms with E-state index in [1.165, 1.54) is 5.56 Å².